The molecular formula is C10H13N3S. The zero-order chi connectivity index (χ0) is 9.97. The number of nitrogens with zero attached hydrogens (tertiary/aromatic N) is 2. The lowest BCUT2D eigenvalue weighted by molar-refractivity contribution is 0.455. The highest BCUT2D eigenvalue weighted by molar-refractivity contribution is 7.07. The van der Waals surface area contributed by atoms with Gasteiger partial charge < -0.3 is 5.73 Å². The van der Waals surface area contributed by atoms with E-state index < -0.39 is 0 Å². The van der Waals surface area contributed by atoms with E-state index in [-0.39, 0.29) is 12.1 Å². The van der Waals surface area contributed by atoms with Crippen molar-refractivity contribution < 1.29 is 0 Å². The first kappa shape index (κ1) is 9.43. The number of rotatable bonds is 3. The zero-order valence-electron chi connectivity index (χ0n) is 8.00. The van der Waals surface area contributed by atoms with Crippen LogP contribution in [-0.4, -0.2) is 15.8 Å². The standard InChI is InChI=1S/C10H13N3S/c1-8(11)10(9-3-6-14-7-9)13-5-2-4-12-13/h2-8,10H,11H2,1H3. The van der Waals surface area contributed by atoms with Crippen LogP contribution in [0.25, 0.3) is 0 Å². The summed E-state index contributed by atoms with van der Waals surface area (Å²) in [7, 11) is 0. The third-order valence-corrected chi connectivity index (χ3v) is 2.89. The second-order valence-electron chi connectivity index (χ2n) is 3.35. The molecule has 2 rings (SSSR count). The summed E-state index contributed by atoms with van der Waals surface area (Å²) in [6.07, 6.45) is 3.73. The Balaban J connectivity index is 2.35. The second kappa shape index (κ2) is 3.94. The van der Waals surface area contributed by atoms with Crippen LogP contribution in [0.4, 0.5) is 0 Å². The highest BCUT2D eigenvalue weighted by atomic mass is 32.1. The fraction of sp³-hybridized carbons (Fsp3) is 0.300. The van der Waals surface area contributed by atoms with Crippen molar-refractivity contribution in [3.8, 4) is 0 Å². The fourth-order valence-corrected chi connectivity index (χ4v) is 2.28. The summed E-state index contributed by atoms with van der Waals surface area (Å²) >= 11 is 1.69. The summed E-state index contributed by atoms with van der Waals surface area (Å²) in [6, 6.07) is 4.23. The smallest absolute Gasteiger partial charge is 0.0924 e. The lowest BCUT2D eigenvalue weighted by Gasteiger charge is -2.20. The van der Waals surface area contributed by atoms with E-state index in [2.05, 4.69) is 21.9 Å². The lowest BCUT2D eigenvalue weighted by atomic mass is 10.1. The van der Waals surface area contributed by atoms with E-state index in [4.69, 9.17) is 5.73 Å². The number of nitrogens with two attached hydrogens (primary N) is 1. The fourth-order valence-electron chi connectivity index (χ4n) is 1.59. The molecule has 2 unspecified atom stereocenters. The molecule has 0 aliphatic heterocycles. The van der Waals surface area contributed by atoms with Gasteiger partial charge in [0.25, 0.3) is 0 Å². The van der Waals surface area contributed by atoms with Gasteiger partial charge in [-0.05, 0) is 35.4 Å². The molecule has 0 aliphatic carbocycles. The topological polar surface area (TPSA) is 43.8 Å². The van der Waals surface area contributed by atoms with Gasteiger partial charge in [0.2, 0.25) is 0 Å². The van der Waals surface area contributed by atoms with Crippen molar-refractivity contribution in [2.75, 3.05) is 0 Å². The van der Waals surface area contributed by atoms with Crippen molar-refractivity contribution in [3.05, 3.63) is 40.8 Å². The molecule has 0 aliphatic rings. The van der Waals surface area contributed by atoms with E-state index in [9.17, 15) is 0 Å². The molecule has 3 nitrogen and oxygen atoms in total. The van der Waals surface area contributed by atoms with Gasteiger partial charge in [0.05, 0.1) is 6.04 Å². The van der Waals surface area contributed by atoms with Gasteiger partial charge >= 0.3 is 0 Å². The van der Waals surface area contributed by atoms with Gasteiger partial charge in [0, 0.05) is 18.4 Å². The number of hydrogen-bond acceptors (Lipinski definition) is 3. The summed E-state index contributed by atoms with van der Waals surface area (Å²) < 4.78 is 1.91. The molecule has 0 amide bonds. The lowest BCUT2D eigenvalue weighted by Crippen LogP contribution is -2.30. The molecular weight excluding hydrogens is 194 g/mol. The Bertz CT molecular complexity index is 330. The van der Waals surface area contributed by atoms with Crippen molar-refractivity contribution in [3.63, 3.8) is 0 Å². The zero-order valence-corrected chi connectivity index (χ0v) is 8.82. The van der Waals surface area contributed by atoms with E-state index in [0.29, 0.717) is 0 Å². The van der Waals surface area contributed by atoms with E-state index in [1.54, 1.807) is 17.5 Å². The van der Waals surface area contributed by atoms with Crippen molar-refractivity contribution >= 4 is 11.3 Å². The minimum atomic E-state index is 0.0597. The van der Waals surface area contributed by atoms with E-state index in [1.165, 1.54) is 5.56 Å². The Hall–Kier alpha value is -1.13. The Morgan fingerprint density at radius 3 is 2.93 bits per heavy atom. The van der Waals surface area contributed by atoms with E-state index >= 15 is 0 Å². The molecule has 0 saturated carbocycles. The van der Waals surface area contributed by atoms with Gasteiger partial charge in [0.15, 0.2) is 0 Å². The molecule has 0 spiro atoms. The van der Waals surface area contributed by atoms with Crippen molar-refractivity contribution in [2.45, 2.75) is 19.0 Å². The van der Waals surface area contributed by atoms with Gasteiger partial charge in [0.1, 0.15) is 0 Å². The van der Waals surface area contributed by atoms with Crippen LogP contribution in [0.5, 0.6) is 0 Å². The van der Waals surface area contributed by atoms with E-state index in [0.717, 1.165) is 0 Å². The average Bonchev–Trinajstić information content (AvgIpc) is 2.75. The normalized spacial score (nSPS) is 15.3. The van der Waals surface area contributed by atoms with Crippen LogP contribution in [-0.2, 0) is 0 Å². The molecule has 74 valence electrons. The van der Waals surface area contributed by atoms with Crippen molar-refractivity contribution in [1.29, 1.82) is 0 Å². The molecule has 2 N–H and O–H groups in total. The maximum Gasteiger partial charge on any atom is 0.0924 e. The van der Waals surface area contributed by atoms with Gasteiger partial charge in [-0.1, -0.05) is 0 Å². The molecule has 0 saturated heterocycles. The highest BCUT2D eigenvalue weighted by Gasteiger charge is 2.18. The summed E-state index contributed by atoms with van der Waals surface area (Å²) in [5.74, 6) is 0. The number of aromatic nitrogens is 2. The van der Waals surface area contributed by atoms with Crippen LogP contribution >= 0.6 is 11.3 Å². The van der Waals surface area contributed by atoms with Crippen molar-refractivity contribution in [2.24, 2.45) is 5.73 Å². The first-order valence-electron chi connectivity index (χ1n) is 4.56. The SMILES string of the molecule is CC(N)C(c1ccsc1)n1cccn1. The predicted octanol–water partition coefficient (Wildman–Crippen LogP) is 1.88. The predicted molar refractivity (Wildman–Crippen MR) is 58.3 cm³/mol. The number of thiophene rings is 1. The third-order valence-electron chi connectivity index (χ3n) is 2.19. The van der Waals surface area contributed by atoms with Gasteiger partial charge in [-0.2, -0.15) is 16.4 Å². The quantitative estimate of drug-likeness (QED) is 0.835. The Labute approximate surface area is 87.2 Å². The first-order chi connectivity index (χ1) is 6.79. The molecule has 0 bridgehead atoms. The minimum absolute atomic E-state index is 0.0597. The molecule has 4 heteroatoms. The molecule has 2 heterocycles. The Kier molecular flexibility index (Phi) is 2.65. The second-order valence-corrected chi connectivity index (χ2v) is 4.13. The molecule has 14 heavy (non-hydrogen) atoms. The molecule has 0 radical (unpaired) electrons. The molecule has 2 aromatic rings. The van der Waals surface area contributed by atoms with Crippen LogP contribution < -0.4 is 5.73 Å². The van der Waals surface area contributed by atoms with Crippen LogP contribution in [0.1, 0.15) is 18.5 Å². The highest BCUT2D eigenvalue weighted by Crippen LogP contribution is 2.22. The minimum Gasteiger partial charge on any atom is -0.326 e. The van der Waals surface area contributed by atoms with Crippen LogP contribution in [0.15, 0.2) is 35.3 Å². The maximum atomic E-state index is 5.96. The maximum absolute atomic E-state index is 5.96. The first-order valence-corrected chi connectivity index (χ1v) is 5.50. The van der Waals surface area contributed by atoms with Crippen LogP contribution in [0.3, 0.4) is 0 Å². The average molecular weight is 207 g/mol. The summed E-state index contributed by atoms with van der Waals surface area (Å²) in [4.78, 5) is 0. The number of hydrogen-bond donors (Lipinski definition) is 1. The summed E-state index contributed by atoms with van der Waals surface area (Å²) in [6.45, 7) is 2.00. The summed E-state index contributed by atoms with van der Waals surface area (Å²) in [5.41, 5.74) is 7.19. The van der Waals surface area contributed by atoms with Crippen LogP contribution in [0, 0.1) is 0 Å². The molecule has 0 aromatic carbocycles. The van der Waals surface area contributed by atoms with Gasteiger partial charge in [-0.3, -0.25) is 4.68 Å². The molecule has 2 atom stereocenters. The third kappa shape index (κ3) is 1.71. The van der Waals surface area contributed by atoms with Gasteiger partial charge in [-0.25, -0.2) is 0 Å². The molecule has 2 aromatic heterocycles. The monoisotopic (exact) mass is 207 g/mol. The van der Waals surface area contributed by atoms with Gasteiger partial charge in [-0.15, -0.1) is 0 Å². The van der Waals surface area contributed by atoms with Crippen molar-refractivity contribution in [1.82, 2.24) is 9.78 Å². The Morgan fingerprint density at radius 2 is 2.43 bits per heavy atom. The Morgan fingerprint density at radius 1 is 1.57 bits per heavy atom. The largest absolute Gasteiger partial charge is 0.326 e. The van der Waals surface area contributed by atoms with E-state index in [1.807, 2.05) is 23.9 Å². The summed E-state index contributed by atoms with van der Waals surface area (Å²) in [5, 5.41) is 8.42. The van der Waals surface area contributed by atoms with Crippen LogP contribution in [0.2, 0.25) is 0 Å². The molecule has 0 fully saturated rings.